The topological polar surface area (TPSA) is 66.5 Å². The molecule has 0 bridgehead atoms. The molecule has 26 heavy (non-hydrogen) atoms. The molecule has 1 saturated heterocycles. The highest BCUT2D eigenvalue weighted by Crippen LogP contribution is 2.22. The SMILES string of the molecule is Cc1ccc(NS(=O)(=O)c2ccc(C)c(C(=O)N3CCCCC3)c2)cc1. The number of nitrogens with zero attached hydrogens (tertiary/aromatic N) is 1. The van der Waals surface area contributed by atoms with Gasteiger partial charge in [-0.1, -0.05) is 23.8 Å². The Morgan fingerprint density at radius 3 is 2.27 bits per heavy atom. The monoisotopic (exact) mass is 372 g/mol. The van der Waals surface area contributed by atoms with Gasteiger partial charge >= 0.3 is 0 Å². The van der Waals surface area contributed by atoms with Gasteiger partial charge in [-0.25, -0.2) is 8.42 Å². The minimum absolute atomic E-state index is 0.0883. The fraction of sp³-hybridized carbons (Fsp3) is 0.350. The summed E-state index contributed by atoms with van der Waals surface area (Å²) in [6.07, 6.45) is 3.13. The number of sulfonamides is 1. The fourth-order valence-corrected chi connectivity index (χ4v) is 4.19. The molecule has 138 valence electrons. The van der Waals surface area contributed by atoms with Crippen molar-refractivity contribution in [3.05, 3.63) is 59.2 Å². The number of hydrogen-bond donors (Lipinski definition) is 1. The first-order chi connectivity index (χ1) is 12.4. The van der Waals surface area contributed by atoms with Crippen LogP contribution in [-0.4, -0.2) is 32.3 Å². The third-order valence-corrected chi connectivity index (χ3v) is 6.08. The molecule has 1 aliphatic rings. The van der Waals surface area contributed by atoms with Crippen LogP contribution in [0.25, 0.3) is 0 Å². The predicted octanol–water partition coefficient (Wildman–Crippen LogP) is 3.73. The van der Waals surface area contributed by atoms with Gasteiger partial charge in [0.15, 0.2) is 0 Å². The molecule has 1 fully saturated rings. The van der Waals surface area contributed by atoms with Crippen LogP contribution in [0.5, 0.6) is 0 Å². The van der Waals surface area contributed by atoms with Crippen LogP contribution in [0.3, 0.4) is 0 Å². The summed E-state index contributed by atoms with van der Waals surface area (Å²) in [6, 6.07) is 11.9. The molecule has 0 aliphatic carbocycles. The van der Waals surface area contributed by atoms with E-state index in [1.54, 1.807) is 24.3 Å². The van der Waals surface area contributed by atoms with Crippen molar-refractivity contribution in [1.29, 1.82) is 0 Å². The summed E-state index contributed by atoms with van der Waals surface area (Å²) >= 11 is 0. The van der Waals surface area contributed by atoms with E-state index in [-0.39, 0.29) is 10.8 Å². The van der Waals surface area contributed by atoms with Crippen molar-refractivity contribution in [2.45, 2.75) is 38.0 Å². The summed E-state index contributed by atoms with van der Waals surface area (Å²) in [5, 5.41) is 0. The standard InChI is InChI=1S/C20H24N2O3S/c1-15-6-9-17(10-7-15)21-26(24,25)18-11-8-16(2)19(14-18)20(23)22-12-4-3-5-13-22/h6-11,14,21H,3-5,12-13H2,1-2H3. The molecule has 0 radical (unpaired) electrons. The summed E-state index contributed by atoms with van der Waals surface area (Å²) in [7, 11) is -3.75. The average Bonchev–Trinajstić information content (AvgIpc) is 2.64. The first-order valence-corrected chi connectivity index (χ1v) is 10.3. The van der Waals surface area contributed by atoms with Crippen molar-refractivity contribution in [3.8, 4) is 0 Å². The first kappa shape index (κ1) is 18.5. The molecule has 6 heteroatoms. The van der Waals surface area contributed by atoms with E-state index in [9.17, 15) is 13.2 Å². The van der Waals surface area contributed by atoms with Crippen LogP contribution < -0.4 is 4.72 Å². The van der Waals surface area contributed by atoms with Crippen molar-refractivity contribution in [3.63, 3.8) is 0 Å². The van der Waals surface area contributed by atoms with E-state index in [1.807, 2.05) is 30.9 Å². The van der Waals surface area contributed by atoms with Gasteiger partial charge in [0.25, 0.3) is 15.9 Å². The molecule has 2 aromatic carbocycles. The number of likely N-dealkylation sites (tertiary alicyclic amines) is 1. The molecule has 1 heterocycles. The van der Waals surface area contributed by atoms with Gasteiger partial charge in [-0.05, 0) is 62.9 Å². The molecule has 1 aliphatic heterocycles. The number of nitrogens with one attached hydrogen (secondary N) is 1. The maximum atomic E-state index is 12.8. The minimum atomic E-state index is -3.75. The van der Waals surface area contributed by atoms with Crippen molar-refractivity contribution < 1.29 is 13.2 Å². The Hall–Kier alpha value is -2.34. The lowest BCUT2D eigenvalue weighted by Crippen LogP contribution is -2.36. The smallest absolute Gasteiger partial charge is 0.261 e. The Balaban J connectivity index is 1.88. The second kappa shape index (κ2) is 7.50. The molecule has 0 aromatic heterocycles. The third kappa shape index (κ3) is 4.07. The lowest BCUT2D eigenvalue weighted by atomic mass is 10.1. The number of hydrogen-bond acceptors (Lipinski definition) is 3. The van der Waals surface area contributed by atoms with E-state index >= 15 is 0 Å². The van der Waals surface area contributed by atoms with Crippen LogP contribution in [0, 0.1) is 13.8 Å². The number of carbonyl (C=O) groups is 1. The highest BCUT2D eigenvalue weighted by molar-refractivity contribution is 7.92. The largest absolute Gasteiger partial charge is 0.339 e. The quantitative estimate of drug-likeness (QED) is 0.889. The Bertz CT molecular complexity index is 899. The summed E-state index contributed by atoms with van der Waals surface area (Å²) in [4.78, 5) is 14.7. The lowest BCUT2D eigenvalue weighted by molar-refractivity contribution is 0.0723. The number of amides is 1. The zero-order chi connectivity index (χ0) is 18.7. The van der Waals surface area contributed by atoms with Crippen LogP contribution in [0.1, 0.15) is 40.7 Å². The fourth-order valence-electron chi connectivity index (χ4n) is 3.10. The molecule has 5 nitrogen and oxygen atoms in total. The van der Waals surface area contributed by atoms with Crippen LogP contribution >= 0.6 is 0 Å². The summed E-state index contributed by atoms with van der Waals surface area (Å²) in [6.45, 7) is 5.24. The Morgan fingerprint density at radius 2 is 1.62 bits per heavy atom. The van der Waals surface area contributed by atoms with Gasteiger partial charge < -0.3 is 4.90 Å². The zero-order valence-corrected chi connectivity index (χ0v) is 16.0. The van der Waals surface area contributed by atoms with E-state index in [2.05, 4.69) is 4.72 Å². The summed E-state index contributed by atoms with van der Waals surface area (Å²) < 4.78 is 28.0. The summed E-state index contributed by atoms with van der Waals surface area (Å²) in [5.41, 5.74) is 2.80. The Labute approximate surface area is 155 Å². The van der Waals surface area contributed by atoms with Crippen molar-refractivity contribution in [2.24, 2.45) is 0 Å². The minimum Gasteiger partial charge on any atom is -0.339 e. The molecule has 3 rings (SSSR count). The van der Waals surface area contributed by atoms with Gasteiger partial charge in [0.05, 0.1) is 4.90 Å². The van der Waals surface area contributed by atoms with Gasteiger partial charge in [0.1, 0.15) is 0 Å². The first-order valence-electron chi connectivity index (χ1n) is 8.86. The van der Waals surface area contributed by atoms with E-state index < -0.39 is 10.0 Å². The van der Waals surface area contributed by atoms with Gasteiger partial charge in [0, 0.05) is 24.3 Å². The highest BCUT2D eigenvalue weighted by Gasteiger charge is 2.22. The number of aryl methyl sites for hydroxylation is 2. The highest BCUT2D eigenvalue weighted by atomic mass is 32.2. The van der Waals surface area contributed by atoms with E-state index in [4.69, 9.17) is 0 Å². The van der Waals surface area contributed by atoms with Gasteiger partial charge in [0.2, 0.25) is 0 Å². The number of rotatable bonds is 4. The number of piperidine rings is 1. The molecular formula is C20H24N2O3S. The lowest BCUT2D eigenvalue weighted by Gasteiger charge is -2.27. The van der Waals surface area contributed by atoms with Gasteiger partial charge in [-0.15, -0.1) is 0 Å². The van der Waals surface area contributed by atoms with Crippen LogP contribution in [0.15, 0.2) is 47.4 Å². The van der Waals surface area contributed by atoms with Crippen LogP contribution in [-0.2, 0) is 10.0 Å². The average molecular weight is 372 g/mol. The van der Waals surface area contributed by atoms with Crippen molar-refractivity contribution in [1.82, 2.24) is 4.90 Å². The molecule has 1 N–H and O–H groups in total. The van der Waals surface area contributed by atoms with Crippen LogP contribution in [0.4, 0.5) is 5.69 Å². The maximum Gasteiger partial charge on any atom is 0.261 e. The summed E-state index contributed by atoms with van der Waals surface area (Å²) in [5.74, 6) is -0.0883. The van der Waals surface area contributed by atoms with E-state index in [1.165, 1.54) is 6.07 Å². The third-order valence-electron chi connectivity index (χ3n) is 4.70. The number of anilines is 1. The molecular weight excluding hydrogens is 348 g/mol. The molecule has 0 saturated carbocycles. The predicted molar refractivity (Wildman–Crippen MR) is 103 cm³/mol. The molecule has 0 atom stereocenters. The molecule has 2 aromatic rings. The van der Waals surface area contributed by atoms with Crippen LogP contribution in [0.2, 0.25) is 0 Å². The van der Waals surface area contributed by atoms with Gasteiger partial charge in [-0.2, -0.15) is 0 Å². The van der Waals surface area contributed by atoms with E-state index in [0.29, 0.717) is 11.3 Å². The molecule has 0 spiro atoms. The van der Waals surface area contributed by atoms with Gasteiger partial charge in [-0.3, -0.25) is 9.52 Å². The maximum absolute atomic E-state index is 12.8. The molecule has 0 unspecified atom stereocenters. The second-order valence-electron chi connectivity index (χ2n) is 6.80. The number of carbonyl (C=O) groups excluding carboxylic acids is 1. The van der Waals surface area contributed by atoms with E-state index in [0.717, 1.165) is 43.5 Å². The van der Waals surface area contributed by atoms with Crippen molar-refractivity contribution in [2.75, 3.05) is 17.8 Å². The second-order valence-corrected chi connectivity index (χ2v) is 8.48. The van der Waals surface area contributed by atoms with Crippen molar-refractivity contribution >= 4 is 21.6 Å². The zero-order valence-electron chi connectivity index (χ0n) is 15.2. The Kier molecular flexibility index (Phi) is 5.32. The Morgan fingerprint density at radius 1 is 0.962 bits per heavy atom. The number of benzene rings is 2. The molecule has 1 amide bonds. The normalized spacial score (nSPS) is 14.9.